The van der Waals surface area contributed by atoms with E-state index in [9.17, 15) is 9.59 Å². The van der Waals surface area contributed by atoms with Crippen LogP contribution in [0.5, 0.6) is 0 Å². The average molecular weight is 493 g/mol. The van der Waals surface area contributed by atoms with Gasteiger partial charge in [-0.2, -0.15) is 0 Å². The van der Waals surface area contributed by atoms with Crippen LogP contribution < -0.4 is 10.6 Å². The Labute approximate surface area is 176 Å². The topological polar surface area (TPSA) is 73.8 Å². The Morgan fingerprint density at radius 3 is 2.42 bits per heavy atom. The Bertz CT molecular complexity index is 621. The van der Waals surface area contributed by atoms with Gasteiger partial charge in [0.2, 0.25) is 11.8 Å². The normalized spacial score (nSPS) is 16.1. The van der Waals surface area contributed by atoms with E-state index >= 15 is 0 Å². The van der Waals surface area contributed by atoms with Crippen molar-refractivity contribution in [3.63, 3.8) is 0 Å². The summed E-state index contributed by atoms with van der Waals surface area (Å²) >= 11 is 5.92. The van der Waals surface area contributed by atoms with Crippen LogP contribution in [0.2, 0.25) is 5.02 Å². The Morgan fingerprint density at radius 2 is 1.85 bits per heavy atom. The van der Waals surface area contributed by atoms with Crippen LogP contribution >= 0.6 is 35.6 Å². The highest BCUT2D eigenvalue weighted by Gasteiger charge is 2.25. The van der Waals surface area contributed by atoms with E-state index in [2.05, 4.69) is 15.6 Å². The maximum atomic E-state index is 11.8. The van der Waals surface area contributed by atoms with Gasteiger partial charge in [0.15, 0.2) is 5.96 Å². The highest BCUT2D eigenvalue weighted by atomic mass is 127. The molecule has 1 aromatic carbocycles. The fraction of sp³-hybridized carbons (Fsp3) is 0.500. The Hall–Kier alpha value is -1.35. The molecule has 8 heteroatoms. The molecule has 144 valence electrons. The number of piperidine rings is 1. The Kier molecular flexibility index (Phi) is 9.93. The number of nitrogens with one attached hydrogen (secondary N) is 2. The van der Waals surface area contributed by atoms with Crippen molar-refractivity contribution in [2.75, 3.05) is 19.6 Å². The predicted molar refractivity (Wildman–Crippen MR) is 115 cm³/mol. The molecule has 2 rings (SSSR count). The lowest BCUT2D eigenvalue weighted by molar-refractivity contribution is -0.147. The van der Waals surface area contributed by atoms with E-state index in [4.69, 9.17) is 11.6 Å². The number of imide groups is 1. The number of rotatable bonds is 6. The number of halogens is 2. The SMILES string of the molecule is CCNC(=NCCN1C(=O)CCCC1=O)NC(C)c1ccc(Cl)cc1.I. The highest BCUT2D eigenvalue weighted by Crippen LogP contribution is 2.16. The number of likely N-dealkylation sites (tertiary alicyclic amines) is 1. The molecule has 1 aliphatic heterocycles. The van der Waals surface area contributed by atoms with Crippen LogP contribution in [0.4, 0.5) is 0 Å². The summed E-state index contributed by atoms with van der Waals surface area (Å²) in [7, 11) is 0. The van der Waals surface area contributed by atoms with Gasteiger partial charge in [-0.3, -0.25) is 19.5 Å². The van der Waals surface area contributed by atoms with E-state index in [1.54, 1.807) is 0 Å². The summed E-state index contributed by atoms with van der Waals surface area (Å²) in [5.41, 5.74) is 1.09. The van der Waals surface area contributed by atoms with E-state index in [1.165, 1.54) is 4.90 Å². The molecule has 0 saturated carbocycles. The van der Waals surface area contributed by atoms with Crippen LogP contribution in [0.25, 0.3) is 0 Å². The van der Waals surface area contributed by atoms with Crippen molar-refractivity contribution in [1.82, 2.24) is 15.5 Å². The lowest BCUT2D eigenvalue weighted by atomic mass is 10.1. The van der Waals surface area contributed by atoms with Gasteiger partial charge in [0.05, 0.1) is 12.6 Å². The van der Waals surface area contributed by atoms with Crippen molar-refractivity contribution in [3.8, 4) is 0 Å². The largest absolute Gasteiger partial charge is 0.357 e. The summed E-state index contributed by atoms with van der Waals surface area (Å²) in [5, 5.41) is 7.20. The predicted octanol–water partition coefficient (Wildman–Crippen LogP) is 3.11. The molecule has 0 aromatic heterocycles. The molecule has 1 atom stereocenters. The highest BCUT2D eigenvalue weighted by molar-refractivity contribution is 14.0. The molecule has 1 fully saturated rings. The van der Waals surface area contributed by atoms with Crippen LogP contribution in [-0.4, -0.2) is 42.3 Å². The fourth-order valence-electron chi connectivity index (χ4n) is 2.67. The van der Waals surface area contributed by atoms with Gasteiger partial charge >= 0.3 is 0 Å². The van der Waals surface area contributed by atoms with Gasteiger partial charge in [-0.25, -0.2) is 0 Å². The number of hydrogen-bond acceptors (Lipinski definition) is 3. The first-order chi connectivity index (χ1) is 12.0. The number of carbonyl (C=O) groups is 2. The molecule has 2 amide bonds. The van der Waals surface area contributed by atoms with E-state index in [1.807, 2.05) is 38.1 Å². The second-order valence-corrected chi connectivity index (χ2v) is 6.41. The lowest BCUT2D eigenvalue weighted by Gasteiger charge is -2.24. The molecule has 0 aliphatic carbocycles. The van der Waals surface area contributed by atoms with E-state index in [0.717, 1.165) is 12.1 Å². The first-order valence-electron chi connectivity index (χ1n) is 8.64. The van der Waals surface area contributed by atoms with E-state index < -0.39 is 0 Å². The fourth-order valence-corrected chi connectivity index (χ4v) is 2.80. The average Bonchev–Trinajstić information content (AvgIpc) is 2.58. The van der Waals surface area contributed by atoms with Gasteiger partial charge < -0.3 is 10.6 Å². The zero-order valence-corrected chi connectivity index (χ0v) is 18.2. The zero-order valence-electron chi connectivity index (χ0n) is 15.1. The van der Waals surface area contributed by atoms with Gasteiger partial charge in [0.1, 0.15) is 0 Å². The van der Waals surface area contributed by atoms with Gasteiger partial charge in [-0.1, -0.05) is 23.7 Å². The van der Waals surface area contributed by atoms with Crippen LogP contribution in [0.15, 0.2) is 29.3 Å². The molecule has 1 heterocycles. The van der Waals surface area contributed by atoms with Crippen molar-refractivity contribution < 1.29 is 9.59 Å². The standard InChI is InChI=1S/C18H25ClN4O2.HI/c1-3-20-18(22-13(2)14-7-9-15(19)10-8-14)21-11-12-23-16(24)5-4-6-17(23)25;/h7-10,13H,3-6,11-12H2,1-2H3,(H2,20,21,22);1H. The van der Waals surface area contributed by atoms with Crippen LogP contribution in [0.3, 0.4) is 0 Å². The monoisotopic (exact) mass is 492 g/mol. The number of nitrogens with zero attached hydrogens (tertiary/aromatic N) is 2. The number of hydrogen-bond donors (Lipinski definition) is 2. The minimum Gasteiger partial charge on any atom is -0.357 e. The first-order valence-corrected chi connectivity index (χ1v) is 9.02. The molecular weight excluding hydrogens is 467 g/mol. The molecule has 1 unspecified atom stereocenters. The molecule has 1 aliphatic rings. The maximum absolute atomic E-state index is 11.8. The maximum Gasteiger partial charge on any atom is 0.229 e. The molecule has 26 heavy (non-hydrogen) atoms. The minimum absolute atomic E-state index is 0. The van der Waals surface area contributed by atoms with Crippen LogP contribution in [0, 0.1) is 0 Å². The zero-order chi connectivity index (χ0) is 18.2. The first kappa shape index (κ1) is 22.7. The summed E-state index contributed by atoms with van der Waals surface area (Å²) in [5.74, 6) is 0.458. The summed E-state index contributed by atoms with van der Waals surface area (Å²) in [6.07, 6.45) is 1.54. The van der Waals surface area contributed by atoms with Gasteiger partial charge in [0.25, 0.3) is 0 Å². The molecule has 0 bridgehead atoms. The number of carbonyl (C=O) groups excluding carboxylic acids is 2. The van der Waals surface area contributed by atoms with Crippen molar-refractivity contribution in [3.05, 3.63) is 34.9 Å². The van der Waals surface area contributed by atoms with Crippen molar-refractivity contribution >= 4 is 53.4 Å². The lowest BCUT2D eigenvalue weighted by Crippen LogP contribution is -2.42. The summed E-state index contributed by atoms with van der Waals surface area (Å²) < 4.78 is 0. The Morgan fingerprint density at radius 1 is 1.23 bits per heavy atom. The number of amides is 2. The molecule has 1 aromatic rings. The third-order valence-corrected chi connectivity index (χ3v) is 4.30. The molecule has 0 radical (unpaired) electrons. The van der Waals surface area contributed by atoms with Gasteiger partial charge in [0, 0.05) is 31.0 Å². The molecule has 0 spiro atoms. The second kappa shape index (κ2) is 11.4. The van der Waals surface area contributed by atoms with Crippen LogP contribution in [-0.2, 0) is 9.59 Å². The number of benzene rings is 1. The van der Waals surface area contributed by atoms with Crippen LogP contribution in [0.1, 0.15) is 44.7 Å². The van der Waals surface area contributed by atoms with Crippen molar-refractivity contribution in [2.45, 2.75) is 39.2 Å². The van der Waals surface area contributed by atoms with E-state index in [0.29, 0.717) is 43.3 Å². The molecule has 2 N–H and O–H groups in total. The quantitative estimate of drug-likeness (QED) is 0.277. The summed E-state index contributed by atoms with van der Waals surface area (Å²) in [6.45, 7) is 5.44. The summed E-state index contributed by atoms with van der Waals surface area (Å²) in [4.78, 5) is 29.4. The number of aliphatic imine (C=N–C) groups is 1. The minimum atomic E-state index is -0.0982. The number of guanidine groups is 1. The van der Waals surface area contributed by atoms with Crippen molar-refractivity contribution in [1.29, 1.82) is 0 Å². The molecule has 1 saturated heterocycles. The third-order valence-electron chi connectivity index (χ3n) is 4.04. The van der Waals surface area contributed by atoms with Gasteiger partial charge in [-0.05, 0) is 38.0 Å². The molecular formula is C18H26ClIN4O2. The second-order valence-electron chi connectivity index (χ2n) is 5.97. The summed E-state index contributed by atoms with van der Waals surface area (Å²) in [6, 6.07) is 7.69. The van der Waals surface area contributed by atoms with Gasteiger partial charge in [-0.15, -0.1) is 24.0 Å². The molecule has 6 nitrogen and oxygen atoms in total. The third kappa shape index (κ3) is 6.75. The Balaban J connectivity index is 0.00000338. The van der Waals surface area contributed by atoms with E-state index in [-0.39, 0.29) is 41.8 Å². The smallest absolute Gasteiger partial charge is 0.229 e. The van der Waals surface area contributed by atoms with Crippen molar-refractivity contribution in [2.24, 2.45) is 4.99 Å².